The van der Waals surface area contributed by atoms with Gasteiger partial charge in [0.15, 0.2) is 0 Å². The molecule has 2 aromatic carbocycles. The summed E-state index contributed by atoms with van der Waals surface area (Å²) in [5.74, 6) is -1.82. The van der Waals surface area contributed by atoms with Crippen LogP contribution in [0.3, 0.4) is 0 Å². The monoisotopic (exact) mass is 592 g/mol. The van der Waals surface area contributed by atoms with E-state index in [1.807, 2.05) is 0 Å². The van der Waals surface area contributed by atoms with Crippen LogP contribution in [0, 0.1) is 13.8 Å². The van der Waals surface area contributed by atoms with Crippen LogP contribution in [0.2, 0.25) is 5.02 Å². The Hall–Kier alpha value is -2.56. The van der Waals surface area contributed by atoms with Gasteiger partial charge in [0, 0.05) is 15.7 Å². The van der Waals surface area contributed by atoms with Crippen LogP contribution in [0.1, 0.15) is 39.4 Å². The van der Waals surface area contributed by atoms with E-state index in [2.05, 4.69) is 26.4 Å². The van der Waals surface area contributed by atoms with Crippen LogP contribution in [0.5, 0.6) is 0 Å². The molecule has 1 aromatic heterocycles. The van der Waals surface area contributed by atoms with Crippen LogP contribution in [-0.2, 0) is 17.6 Å². The van der Waals surface area contributed by atoms with Crippen molar-refractivity contribution in [2.45, 2.75) is 38.7 Å². The Bertz CT molecular complexity index is 1220. The first-order chi connectivity index (χ1) is 16.8. The van der Waals surface area contributed by atoms with Crippen molar-refractivity contribution in [2.24, 2.45) is 0 Å². The van der Waals surface area contributed by atoms with E-state index in [4.69, 9.17) is 16.4 Å². The minimum Gasteiger partial charge on any atom is -0.271 e. The molecule has 3 aromatic rings. The molecular formula is C25H20BrClF6N2O. The van der Waals surface area contributed by atoms with E-state index < -0.39 is 24.0 Å². The van der Waals surface area contributed by atoms with E-state index >= 15 is 0 Å². The van der Waals surface area contributed by atoms with Crippen molar-refractivity contribution in [3.63, 3.8) is 0 Å². The summed E-state index contributed by atoms with van der Waals surface area (Å²) in [6, 6.07) is 9.77. The summed E-state index contributed by atoms with van der Waals surface area (Å²) in [5, 5.41) is 0.437. The summed E-state index contributed by atoms with van der Waals surface area (Å²) >= 11 is 9.44. The van der Waals surface area contributed by atoms with E-state index in [9.17, 15) is 26.3 Å². The molecule has 1 atom stereocenters. The Morgan fingerprint density at radius 3 is 2.22 bits per heavy atom. The van der Waals surface area contributed by atoms with Crippen molar-refractivity contribution < 1.29 is 31.2 Å². The Morgan fingerprint density at radius 2 is 1.69 bits per heavy atom. The molecule has 3 rings (SSSR count). The third kappa shape index (κ3) is 7.24. The molecule has 0 saturated heterocycles. The minimum absolute atomic E-state index is 0.0631. The van der Waals surface area contributed by atoms with Crippen molar-refractivity contribution in [3.8, 4) is 0 Å². The maximum absolute atomic E-state index is 13.8. The van der Waals surface area contributed by atoms with Gasteiger partial charge < -0.3 is 0 Å². The number of rotatable bonds is 7. The van der Waals surface area contributed by atoms with Crippen molar-refractivity contribution in [3.05, 3.63) is 97.7 Å². The highest BCUT2D eigenvalue weighted by Crippen LogP contribution is 2.39. The van der Waals surface area contributed by atoms with Gasteiger partial charge in [-0.05, 0) is 75.8 Å². The number of benzene rings is 2. The van der Waals surface area contributed by atoms with Gasteiger partial charge in [-0.1, -0.05) is 48.0 Å². The van der Waals surface area contributed by atoms with Gasteiger partial charge in [0.25, 0.3) is 0 Å². The fourth-order valence-electron chi connectivity index (χ4n) is 3.37. The predicted molar refractivity (Wildman–Crippen MR) is 131 cm³/mol. The molecule has 0 saturated carbocycles. The van der Waals surface area contributed by atoms with Crippen molar-refractivity contribution in [2.75, 3.05) is 5.48 Å². The van der Waals surface area contributed by atoms with Crippen molar-refractivity contribution in [1.82, 2.24) is 4.98 Å². The Morgan fingerprint density at radius 1 is 1.03 bits per heavy atom. The molecule has 11 heteroatoms. The van der Waals surface area contributed by atoms with Crippen LogP contribution >= 0.6 is 27.5 Å². The Kier molecular flexibility index (Phi) is 8.74. The molecule has 1 heterocycles. The summed E-state index contributed by atoms with van der Waals surface area (Å²) in [5.41, 5.74) is 4.29. The second-order valence-corrected chi connectivity index (χ2v) is 9.26. The SMILES string of the molecule is Cc1cc(C(/C=C/c2ccc(NOCc3ccc(C(F)(F)F)nc3)c(Br)c2)C(F)(F)F)cc(C)c1Cl. The number of halogens is 8. The largest absolute Gasteiger partial charge is 0.433 e. The number of aromatic nitrogens is 1. The van der Waals surface area contributed by atoms with Crippen LogP contribution in [0.15, 0.2) is 59.2 Å². The number of nitrogens with zero attached hydrogens (tertiary/aromatic N) is 1. The number of allylic oxidation sites excluding steroid dienone is 1. The fraction of sp³-hybridized carbons (Fsp3) is 0.240. The fourth-order valence-corrected chi connectivity index (χ4v) is 3.95. The summed E-state index contributed by atoms with van der Waals surface area (Å²) in [4.78, 5) is 8.66. The Labute approximate surface area is 217 Å². The standard InChI is InChI=1S/C25H20BrClF6N2O/c1-14-9-18(10-15(2)23(14)27)19(24(28,29)30)6-3-16-4-7-21(20(26)11-16)35-36-13-17-5-8-22(34-12-17)25(31,32)33/h3-12,19,35H,13H2,1-2H3/b6-3+. The first-order valence-electron chi connectivity index (χ1n) is 10.5. The molecule has 0 spiro atoms. The van der Waals surface area contributed by atoms with E-state index in [1.165, 1.54) is 24.3 Å². The lowest BCUT2D eigenvalue weighted by atomic mass is 9.94. The second-order valence-electron chi connectivity index (χ2n) is 8.03. The highest BCUT2D eigenvalue weighted by Gasteiger charge is 2.39. The lowest BCUT2D eigenvalue weighted by Gasteiger charge is -2.19. The molecule has 3 nitrogen and oxygen atoms in total. The molecule has 0 amide bonds. The molecule has 1 unspecified atom stereocenters. The van der Waals surface area contributed by atoms with Gasteiger partial charge in [-0.15, -0.1) is 0 Å². The zero-order valence-corrected chi connectivity index (χ0v) is 21.3. The number of nitrogens with one attached hydrogen (secondary N) is 1. The normalized spacial score (nSPS) is 13.3. The summed E-state index contributed by atoms with van der Waals surface area (Å²) in [7, 11) is 0. The molecule has 0 aliphatic carbocycles. The van der Waals surface area contributed by atoms with E-state index in [0.29, 0.717) is 37.4 Å². The number of pyridine rings is 1. The number of hydrogen-bond acceptors (Lipinski definition) is 3. The number of anilines is 1. The summed E-state index contributed by atoms with van der Waals surface area (Å²) < 4.78 is 79.6. The molecule has 0 radical (unpaired) electrons. The zero-order chi connectivity index (χ0) is 26.7. The maximum atomic E-state index is 13.8. The average Bonchev–Trinajstić information content (AvgIpc) is 2.77. The first-order valence-corrected chi connectivity index (χ1v) is 11.6. The van der Waals surface area contributed by atoms with Gasteiger partial charge in [0.2, 0.25) is 0 Å². The van der Waals surface area contributed by atoms with E-state index in [0.717, 1.165) is 18.3 Å². The van der Waals surface area contributed by atoms with Crippen LogP contribution < -0.4 is 5.48 Å². The molecule has 36 heavy (non-hydrogen) atoms. The van der Waals surface area contributed by atoms with Gasteiger partial charge >= 0.3 is 12.4 Å². The first kappa shape index (κ1) is 28.0. The zero-order valence-electron chi connectivity index (χ0n) is 18.9. The highest BCUT2D eigenvalue weighted by atomic mass is 79.9. The van der Waals surface area contributed by atoms with Crippen LogP contribution in [-0.4, -0.2) is 11.2 Å². The van der Waals surface area contributed by atoms with E-state index in [-0.39, 0.29) is 12.2 Å². The second kappa shape index (κ2) is 11.2. The van der Waals surface area contributed by atoms with Gasteiger partial charge in [-0.3, -0.25) is 15.3 Å². The maximum Gasteiger partial charge on any atom is 0.433 e. The smallest absolute Gasteiger partial charge is 0.271 e. The molecule has 1 N–H and O–H groups in total. The van der Waals surface area contributed by atoms with Gasteiger partial charge in [-0.25, -0.2) is 0 Å². The minimum atomic E-state index is -4.52. The molecule has 0 bridgehead atoms. The topological polar surface area (TPSA) is 34.1 Å². The summed E-state index contributed by atoms with van der Waals surface area (Å²) in [6.07, 6.45) is -5.49. The van der Waals surface area contributed by atoms with Gasteiger partial charge in [0.1, 0.15) is 12.3 Å². The number of hydrogen-bond donors (Lipinski definition) is 1. The molecule has 192 valence electrons. The Balaban J connectivity index is 1.68. The highest BCUT2D eigenvalue weighted by molar-refractivity contribution is 9.10. The van der Waals surface area contributed by atoms with E-state index in [1.54, 1.807) is 32.0 Å². The van der Waals surface area contributed by atoms with Crippen molar-refractivity contribution in [1.29, 1.82) is 0 Å². The van der Waals surface area contributed by atoms with Gasteiger partial charge in [-0.2, -0.15) is 26.3 Å². The number of alkyl halides is 6. The lowest BCUT2D eigenvalue weighted by Crippen LogP contribution is -2.19. The lowest BCUT2D eigenvalue weighted by molar-refractivity contribution is -0.141. The molecular weight excluding hydrogens is 574 g/mol. The number of aryl methyl sites for hydroxylation is 2. The van der Waals surface area contributed by atoms with Crippen LogP contribution in [0.4, 0.5) is 32.0 Å². The van der Waals surface area contributed by atoms with Crippen LogP contribution in [0.25, 0.3) is 6.08 Å². The predicted octanol–water partition coefficient (Wildman–Crippen LogP) is 9.04. The quantitative estimate of drug-likeness (QED) is 0.219. The third-order valence-corrected chi connectivity index (χ3v) is 6.43. The third-order valence-electron chi connectivity index (χ3n) is 5.18. The molecule has 0 fully saturated rings. The average molecular weight is 594 g/mol. The molecule has 0 aliphatic rings. The van der Waals surface area contributed by atoms with Gasteiger partial charge in [0.05, 0.1) is 11.6 Å². The summed E-state index contributed by atoms with van der Waals surface area (Å²) in [6.45, 7) is 3.26. The molecule has 0 aliphatic heterocycles. The van der Waals surface area contributed by atoms with Crippen molar-refractivity contribution >= 4 is 39.3 Å².